The lowest BCUT2D eigenvalue weighted by atomic mass is 9.96. The number of carbonyl (C=O) groups excluding carboxylic acids is 1. The summed E-state index contributed by atoms with van der Waals surface area (Å²) in [5, 5.41) is 0. The second-order valence-electron chi connectivity index (χ2n) is 2.66. The summed E-state index contributed by atoms with van der Waals surface area (Å²) in [5.74, 6) is -0.270. The molecule has 52 valence electrons. The average Bonchev–Trinajstić information content (AvgIpc) is 1.77. The summed E-state index contributed by atoms with van der Waals surface area (Å²) in [6.45, 7) is 2.24. The molecule has 1 fully saturated rings. The van der Waals surface area contributed by atoms with Crippen LogP contribution in [0, 0.1) is 0 Å². The highest BCUT2D eigenvalue weighted by Crippen LogP contribution is 2.15. The molecule has 1 rings (SSSR count). The number of nitrogens with two attached hydrogens (primary N) is 1. The van der Waals surface area contributed by atoms with E-state index >= 15 is 0 Å². The number of esters is 1. The van der Waals surface area contributed by atoms with Gasteiger partial charge in [-0.1, -0.05) is 0 Å². The highest BCUT2D eigenvalue weighted by Gasteiger charge is 2.32. The summed E-state index contributed by atoms with van der Waals surface area (Å²) < 4.78 is 4.73. The van der Waals surface area contributed by atoms with Gasteiger partial charge in [0.1, 0.15) is 5.54 Å². The Balaban J connectivity index is 2.60. The van der Waals surface area contributed by atoms with Gasteiger partial charge in [0.2, 0.25) is 0 Å². The first kappa shape index (κ1) is 6.55. The standard InChI is InChI=1S/C6H11NO2/c1-6(7)3-2-4-9-5(6)8/h2-4,7H2,1H3/t6-/m0/s1. The molecule has 1 saturated heterocycles. The third kappa shape index (κ3) is 1.21. The minimum Gasteiger partial charge on any atom is -0.464 e. The number of hydrogen-bond acceptors (Lipinski definition) is 3. The highest BCUT2D eigenvalue weighted by molar-refractivity contribution is 5.80. The van der Waals surface area contributed by atoms with Crippen molar-refractivity contribution in [2.24, 2.45) is 5.73 Å². The molecule has 0 spiro atoms. The van der Waals surface area contributed by atoms with Gasteiger partial charge in [0, 0.05) is 0 Å². The van der Waals surface area contributed by atoms with Crippen LogP contribution < -0.4 is 5.73 Å². The Hall–Kier alpha value is -0.570. The fourth-order valence-electron chi connectivity index (χ4n) is 0.871. The molecule has 0 aliphatic carbocycles. The van der Waals surface area contributed by atoms with Crippen LogP contribution in [0.4, 0.5) is 0 Å². The van der Waals surface area contributed by atoms with Crippen LogP contribution in [0.1, 0.15) is 19.8 Å². The molecule has 0 amide bonds. The van der Waals surface area contributed by atoms with E-state index in [2.05, 4.69) is 0 Å². The summed E-state index contributed by atoms with van der Waals surface area (Å²) >= 11 is 0. The third-order valence-corrected chi connectivity index (χ3v) is 1.54. The van der Waals surface area contributed by atoms with Crippen molar-refractivity contribution in [2.75, 3.05) is 6.61 Å². The van der Waals surface area contributed by atoms with Crippen LogP contribution in [-0.4, -0.2) is 18.1 Å². The minimum atomic E-state index is -0.724. The third-order valence-electron chi connectivity index (χ3n) is 1.54. The van der Waals surface area contributed by atoms with Crippen LogP contribution in [0.3, 0.4) is 0 Å². The van der Waals surface area contributed by atoms with Crippen molar-refractivity contribution >= 4 is 5.97 Å². The number of cyclic esters (lactones) is 1. The number of rotatable bonds is 0. The molecule has 0 unspecified atom stereocenters. The summed E-state index contributed by atoms with van der Waals surface area (Å²) in [5.41, 5.74) is 4.82. The molecule has 0 aromatic heterocycles. The first-order valence-electron chi connectivity index (χ1n) is 3.09. The zero-order chi connectivity index (χ0) is 6.91. The quantitative estimate of drug-likeness (QED) is 0.470. The van der Waals surface area contributed by atoms with Crippen molar-refractivity contribution < 1.29 is 9.53 Å². The monoisotopic (exact) mass is 129 g/mol. The molecule has 1 heterocycles. The summed E-state index contributed by atoms with van der Waals surface area (Å²) in [6.07, 6.45) is 1.63. The van der Waals surface area contributed by atoms with E-state index in [4.69, 9.17) is 10.5 Å². The molecule has 0 aromatic rings. The van der Waals surface area contributed by atoms with E-state index in [0.717, 1.165) is 12.8 Å². The maximum absolute atomic E-state index is 10.8. The maximum Gasteiger partial charge on any atom is 0.325 e. The molecule has 9 heavy (non-hydrogen) atoms. The molecule has 0 aromatic carbocycles. The lowest BCUT2D eigenvalue weighted by Crippen LogP contribution is -2.48. The Kier molecular flexibility index (Phi) is 1.45. The number of ether oxygens (including phenoxy) is 1. The van der Waals surface area contributed by atoms with Crippen molar-refractivity contribution in [3.8, 4) is 0 Å². The van der Waals surface area contributed by atoms with E-state index in [9.17, 15) is 4.79 Å². The Morgan fingerprint density at radius 2 is 2.44 bits per heavy atom. The van der Waals surface area contributed by atoms with Crippen LogP contribution in [0.15, 0.2) is 0 Å². The van der Waals surface area contributed by atoms with Crippen molar-refractivity contribution in [1.82, 2.24) is 0 Å². The summed E-state index contributed by atoms with van der Waals surface area (Å²) in [7, 11) is 0. The van der Waals surface area contributed by atoms with Gasteiger partial charge in [0.15, 0.2) is 0 Å². The van der Waals surface area contributed by atoms with E-state index < -0.39 is 5.54 Å². The molecule has 1 aliphatic heterocycles. The largest absolute Gasteiger partial charge is 0.464 e. The van der Waals surface area contributed by atoms with E-state index in [0.29, 0.717) is 6.61 Å². The molecular weight excluding hydrogens is 118 g/mol. The summed E-state index contributed by atoms with van der Waals surface area (Å²) in [6, 6.07) is 0. The highest BCUT2D eigenvalue weighted by atomic mass is 16.5. The minimum absolute atomic E-state index is 0.270. The lowest BCUT2D eigenvalue weighted by molar-refractivity contribution is -0.153. The SMILES string of the molecule is C[C@]1(N)CCCOC1=O. The van der Waals surface area contributed by atoms with Gasteiger partial charge < -0.3 is 10.5 Å². The molecule has 3 heteroatoms. The molecule has 1 aliphatic rings. The molecule has 0 radical (unpaired) electrons. The molecule has 3 nitrogen and oxygen atoms in total. The van der Waals surface area contributed by atoms with Gasteiger partial charge in [-0.05, 0) is 19.8 Å². The van der Waals surface area contributed by atoms with Crippen LogP contribution in [-0.2, 0) is 9.53 Å². The van der Waals surface area contributed by atoms with E-state index in [1.807, 2.05) is 0 Å². The average molecular weight is 129 g/mol. The van der Waals surface area contributed by atoms with Crippen LogP contribution in [0.2, 0.25) is 0 Å². The summed E-state index contributed by atoms with van der Waals surface area (Å²) in [4.78, 5) is 10.8. The number of hydrogen-bond donors (Lipinski definition) is 1. The Labute approximate surface area is 54.2 Å². The van der Waals surface area contributed by atoms with Gasteiger partial charge in [-0.3, -0.25) is 4.79 Å². The van der Waals surface area contributed by atoms with Gasteiger partial charge in [0.05, 0.1) is 6.61 Å². The van der Waals surface area contributed by atoms with Crippen molar-refractivity contribution in [3.63, 3.8) is 0 Å². The molecule has 0 bridgehead atoms. The van der Waals surface area contributed by atoms with Crippen molar-refractivity contribution in [3.05, 3.63) is 0 Å². The Bertz CT molecular complexity index is 131. The van der Waals surface area contributed by atoms with Gasteiger partial charge in [-0.2, -0.15) is 0 Å². The maximum atomic E-state index is 10.8. The van der Waals surface area contributed by atoms with Gasteiger partial charge >= 0.3 is 5.97 Å². The van der Waals surface area contributed by atoms with Gasteiger partial charge in [-0.15, -0.1) is 0 Å². The van der Waals surface area contributed by atoms with E-state index in [1.165, 1.54) is 0 Å². The van der Waals surface area contributed by atoms with Crippen LogP contribution >= 0.6 is 0 Å². The number of carbonyl (C=O) groups is 1. The van der Waals surface area contributed by atoms with Gasteiger partial charge in [-0.25, -0.2) is 0 Å². The van der Waals surface area contributed by atoms with Crippen LogP contribution in [0.25, 0.3) is 0 Å². The fourth-order valence-corrected chi connectivity index (χ4v) is 0.871. The first-order chi connectivity index (χ1) is 4.13. The predicted molar refractivity (Wildman–Crippen MR) is 32.8 cm³/mol. The van der Waals surface area contributed by atoms with Crippen molar-refractivity contribution in [2.45, 2.75) is 25.3 Å². The second-order valence-corrected chi connectivity index (χ2v) is 2.66. The zero-order valence-corrected chi connectivity index (χ0v) is 5.52. The molecular formula is C6H11NO2. The second kappa shape index (κ2) is 1.99. The zero-order valence-electron chi connectivity index (χ0n) is 5.52. The van der Waals surface area contributed by atoms with E-state index in [1.54, 1.807) is 6.92 Å². The first-order valence-corrected chi connectivity index (χ1v) is 3.09. The van der Waals surface area contributed by atoms with Crippen LogP contribution in [0.5, 0.6) is 0 Å². The van der Waals surface area contributed by atoms with E-state index in [-0.39, 0.29) is 5.97 Å². The van der Waals surface area contributed by atoms with Gasteiger partial charge in [0.25, 0.3) is 0 Å². The fraction of sp³-hybridized carbons (Fsp3) is 0.833. The van der Waals surface area contributed by atoms with Crippen molar-refractivity contribution in [1.29, 1.82) is 0 Å². The molecule has 0 saturated carbocycles. The normalized spacial score (nSPS) is 36.0. The Morgan fingerprint density at radius 1 is 1.78 bits per heavy atom. The lowest BCUT2D eigenvalue weighted by Gasteiger charge is -2.26. The predicted octanol–water partition coefficient (Wildman–Crippen LogP) is 0.0408. The molecule has 1 atom stereocenters. The topological polar surface area (TPSA) is 52.3 Å². The smallest absolute Gasteiger partial charge is 0.325 e. The molecule has 2 N–H and O–H groups in total. The Morgan fingerprint density at radius 3 is 2.78 bits per heavy atom.